The molecule has 146 valence electrons. The summed E-state index contributed by atoms with van der Waals surface area (Å²) in [7, 11) is 0. The van der Waals surface area contributed by atoms with E-state index in [9.17, 15) is 13.2 Å². The van der Waals surface area contributed by atoms with Gasteiger partial charge in [0.25, 0.3) is 0 Å². The van der Waals surface area contributed by atoms with Gasteiger partial charge in [-0.1, -0.05) is 62.4 Å². The molecule has 27 heavy (non-hydrogen) atoms. The summed E-state index contributed by atoms with van der Waals surface area (Å²) in [6.07, 6.45) is -3.93. The molecule has 0 aliphatic carbocycles. The maximum atomic E-state index is 10.6. The Morgan fingerprint density at radius 1 is 1.15 bits per heavy atom. The Labute approximate surface area is 157 Å². The topological polar surface area (TPSA) is 49.3 Å². The Morgan fingerprint density at radius 3 is 2.37 bits per heavy atom. The van der Waals surface area contributed by atoms with Crippen molar-refractivity contribution < 1.29 is 23.1 Å². The molecular weight excluding hydrogens is 355 g/mol. The van der Waals surface area contributed by atoms with Crippen molar-refractivity contribution in [2.24, 2.45) is 0 Å². The van der Waals surface area contributed by atoms with Gasteiger partial charge < -0.3 is 10.4 Å². The predicted octanol–water partition coefficient (Wildman–Crippen LogP) is 4.72. The second kappa shape index (κ2) is 9.04. The Kier molecular flexibility index (Phi) is 7.02. The number of fused-ring (bicyclic) bond motifs is 1. The van der Waals surface area contributed by atoms with Crippen LogP contribution in [0.2, 0.25) is 0 Å². The molecule has 0 saturated heterocycles. The lowest BCUT2D eigenvalue weighted by atomic mass is 9.87. The van der Waals surface area contributed by atoms with Gasteiger partial charge in [-0.2, -0.15) is 13.2 Å². The number of carboxylic acids is 1. The number of hydrogen-bond acceptors (Lipinski definition) is 2. The van der Waals surface area contributed by atoms with Crippen molar-refractivity contribution >= 4 is 5.97 Å². The Morgan fingerprint density at radius 2 is 1.78 bits per heavy atom. The SMILES string of the molecule is CC(c1ccccc1)c1ccc2c(c1)[C@H](C)CNCC2.O=C(O)C(F)(F)F. The first-order chi connectivity index (χ1) is 12.7. The molecule has 1 heterocycles. The van der Waals surface area contributed by atoms with Crippen molar-refractivity contribution in [1.82, 2.24) is 5.32 Å². The zero-order valence-corrected chi connectivity index (χ0v) is 15.4. The molecule has 2 aromatic carbocycles. The van der Waals surface area contributed by atoms with E-state index in [1.54, 1.807) is 0 Å². The van der Waals surface area contributed by atoms with E-state index in [1.807, 2.05) is 0 Å². The molecule has 0 spiro atoms. The van der Waals surface area contributed by atoms with Crippen molar-refractivity contribution in [3.63, 3.8) is 0 Å². The zero-order chi connectivity index (χ0) is 20.0. The van der Waals surface area contributed by atoms with E-state index in [0.717, 1.165) is 19.5 Å². The Bertz CT molecular complexity index is 760. The largest absolute Gasteiger partial charge is 0.490 e. The lowest BCUT2D eigenvalue weighted by Gasteiger charge is -2.18. The highest BCUT2D eigenvalue weighted by molar-refractivity contribution is 5.73. The molecule has 2 N–H and O–H groups in total. The lowest BCUT2D eigenvalue weighted by Crippen LogP contribution is -2.21. The van der Waals surface area contributed by atoms with Crippen LogP contribution in [0.15, 0.2) is 48.5 Å². The van der Waals surface area contributed by atoms with E-state index >= 15 is 0 Å². The van der Waals surface area contributed by atoms with Crippen LogP contribution in [0.3, 0.4) is 0 Å². The van der Waals surface area contributed by atoms with Gasteiger partial charge in [-0.3, -0.25) is 0 Å². The van der Waals surface area contributed by atoms with Crippen LogP contribution in [-0.4, -0.2) is 30.3 Å². The van der Waals surface area contributed by atoms with Gasteiger partial charge in [0.1, 0.15) is 0 Å². The average molecular weight is 379 g/mol. The van der Waals surface area contributed by atoms with Crippen LogP contribution in [0.1, 0.15) is 47.9 Å². The minimum atomic E-state index is -5.08. The van der Waals surface area contributed by atoms with Crippen LogP contribution < -0.4 is 5.32 Å². The van der Waals surface area contributed by atoms with Crippen LogP contribution in [0, 0.1) is 0 Å². The highest BCUT2D eigenvalue weighted by Crippen LogP contribution is 2.29. The molecule has 3 nitrogen and oxygen atoms in total. The van der Waals surface area contributed by atoms with Crippen molar-refractivity contribution in [2.75, 3.05) is 13.1 Å². The third-order valence-electron chi connectivity index (χ3n) is 4.76. The van der Waals surface area contributed by atoms with Crippen molar-refractivity contribution in [3.05, 3.63) is 70.8 Å². The Hall–Kier alpha value is -2.34. The quantitative estimate of drug-likeness (QED) is 0.794. The third kappa shape index (κ3) is 5.82. The van der Waals surface area contributed by atoms with Crippen LogP contribution >= 0.6 is 0 Å². The molecular formula is C21H24F3NO2. The number of carbonyl (C=O) groups is 1. The summed E-state index contributed by atoms with van der Waals surface area (Å²) in [6.45, 7) is 6.83. The fourth-order valence-corrected chi connectivity index (χ4v) is 3.15. The molecule has 0 radical (unpaired) electrons. The molecule has 0 fully saturated rings. The zero-order valence-electron chi connectivity index (χ0n) is 15.4. The fourth-order valence-electron chi connectivity index (χ4n) is 3.15. The first-order valence-corrected chi connectivity index (χ1v) is 8.88. The van der Waals surface area contributed by atoms with Crippen LogP contribution in [0.4, 0.5) is 13.2 Å². The van der Waals surface area contributed by atoms with Gasteiger partial charge in [0.05, 0.1) is 0 Å². The number of rotatable bonds is 2. The molecule has 2 aromatic rings. The van der Waals surface area contributed by atoms with E-state index in [1.165, 1.54) is 22.3 Å². The van der Waals surface area contributed by atoms with Gasteiger partial charge in [-0.15, -0.1) is 0 Å². The number of carboxylic acid groups (broad SMARTS) is 1. The van der Waals surface area contributed by atoms with Gasteiger partial charge in [0.15, 0.2) is 0 Å². The summed E-state index contributed by atoms with van der Waals surface area (Å²) in [5.74, 6) is -1.69. The van der Waals surface area contributed by atoms with E-state index in [-0.39, 0.29) is 0 Å². The average Bonchev–Trinajstić information content (AvgIpc) is 2.83. The molecule has 3 rings (SSSR count). The molecule has 1 unspecified atom stereocenters. The molecule has 6 heteroatoms. The van der Waals surface area contributed by atoms with Crippen LogP contribution in [0.5, 0.6) is 0 Å². The van der Waals surface area contributed by atoms with Crippen molar-refractivity contribution in [1.29, 1.82) is 0 Å². The molecule has 0 amide bonds. The van der Waals surface area contributed by atoms with E-state index in [4.69, 9.17) is 9.90 Å². The molecule has 0 saturated carbocycles. The summed E-state index contributed by atoms with van der Waals surface area (Å²) in [5.41, 5.74) is 5.89. The molecule has 0 bridgehead atoms. The van der Waals surface area contributed by atoms with Crippen molar-refractivity contribution in [2.45, 2.75) is 38.3 Å². The first kappa shape index (κ1) is 21.0. The van der Waals surface area contributed by atoms with Gasteiger partial charge in [-0.05, 0) is 41.1 Å². The highest BCUT2D eigenvalue weighted by atomic mass is 19.4. The van der Waals surface area contributed by atoms with Crippen LogP contribution in [-0.2, 0) is 11.2 Å². The van der Waals surface area contributed by atoms with E-state index in [0.29, 0.717) is 11.8 Å². The maximum absolute atomic E-state index is 10.6. The lowest BCUT2D eigenvalue weighted by molar-refractivity contribution is -0.192. The van der Waals surface area contributed by atoms with E-state index < -0.39 is 12.1 Å². The second-order valence-corrected chi connectivity index (χ2v) is 6.75. The van der Waals surface area contributed by atoms with Crippen LogP contribution in [0.25, 0.3) is 0 Å². The smallest absolute Gasteiger partial charge is 0.475 e. The molecule has 1 aliphatic rings. The van der Waals surface area contributed by atoms with Gasteiger partial charge in [0, 0.05) is 12.5 Å². The standard InChI is InChI=1S/C19H23N.C2HF3O2/c1-14-13-20-11-10-17-8-9-18(12-19(14)17)15(2)16-6-4-3-5-7-16;3-2(4,5)1(6)7/h3-9,12,14-15,20H,10-11,13H2,1-2H3;(H,6,7)/t14-,15?;/m1./s1. The number of halogens is 3. The normalized spacial score (nSPS) is 17.7. The monoisotopic (exact) mass is 379 g/mol. The van der Waals surface area contributed by atoms with Gasteiger partial charge >= 0.3 is 12.1 Å². The second-order valence-electron chi connectivity index (χ2n) is 6.75. The number of hydrogen-bond donors (Lipinski definition) is 2. The molecule has 0 aromatic heterocycles. The predicted molar refractivity (Wildman–Crippen MR) is 99.1 cm³/mol. The summed E-state index contributed by atoms with van der Waals surface area (Å²) in [4.78, 5) is 8.90. The summed E-state index contributed by atoms with van der Waals surface area (Å²) in [6, 6.07) is 17.9. The number of nitrogens with one attached hydrogen (secondary N) is 1. The van der Waals surface area contributed by atoms with Gasteiger partial charge in [-0.25, -0.2) is 4.79 Å². The van der Waals surface area contributed by atoms with Gasteiger partial charge in [0.2, 0.25) is 0 Å². The first-order valence-electron chi connectivity index (χ1n) is 8.88. The molecule has 1 aliphatic heterocycles. The minimum Gasteiger partial charge on any atom is -0.475 e. The maximum Gasteiger partial charge on any atom is 0.490 e. The summed E-state index contributed by atoms with van der Waals surface area (Å²) < 4.78 is 31.7. The highest BCUT2D eigenvalue weighted by Gasteiger charge is 2.38. The Balaban J connectivity index is 0.000000321. The number of benzene rings is 2. The number of aliphatic carboxylic acids is 1. The summed E-state index contributed by atoms with van der Waals surface area (Å²) in [5, 5.41) is 10.6. The summed E-state index contributed by atoms with van der Waals surface area (Å²) >= 11 is 0. The third-order valence-corrected chi connectivity index (χ3v) is 4.76. The van der Waals surface area contributed by atoms with E-state index in [2.05, 4.69) is 67.7 Å². The minimum absolute atomic E-state index is 0.463. The molecule has 2 atom stereocenters. The number of alkyl halides is 3. The fraction of sp³-hybridized carbons (Fsp3) is 0.381. The van der Waals surface area contributed by atoms with Crippen molar-refractivity contribution in [3.8, 4) is 0 Å².